The zero-order valence-corrected chi connectivity index (χ0v) is 20.3. The van der Waals surface area contributed by atoms with Gasteiger partial charge in [-0.25, -0.2) is 4.79 Å². The van der Waals surface area contributed by atoms with Crippen molar-refractivity contribution in [2.45, 2.75) is 19.4 Å². The SMILES string of the molecule is C=CC(=O)OCCOc1ccc(Cc2ccc(C(=O)NC(C)c3cccc4ccccc34)cc2)cc1. The summed E-state index contributed by atoms with van der Waals surface area (Å²) in [7, 11) is 0. The Balaban J connectivity index is 1.31. The number of fused-ring (bicyclic) bond motifs is 1. The van der Waals surface area contributed by atoms with Crippen molar-refractivity contribution >= 4 is 22.6 Å². The molecule has 0 bridgehead atoms. The fourth-order valence-electron chi connectivity index (χ4n) is 4.06. The third-order valence-corrected chi connectivity index (χ3v) is 5.95. The standard InChI is InChI=1S/C31H29NO4/c1-3-30(33)36-20-19-35-27-17-13-24(14-18-27)21-23-11-15-26(16-12-23)31(34)32-22(2)28-10-6-8-25-7-4-5-9-29(25)28/h3-18,22H,1,19-21H2,2H3,(H,32,34). The minimum Gasteiger partial charge on any atom is -0.490 e. The van der Waals surface area contributed by atoms with E-state index in [0.29, 0.717) is 11.3 Å². The van der Waals surface area contributed by atoms with E-state index in [1.165, 1.54) is 0 Å². The number of carbonyl (C=O) groups is 2. The molecule has 182 valence electrons. The Kier molecular flexibility index (Phi) is 8.14. The first kappa shape index (κ1) is 24.7. The first-order valence-electron chi connectivity index (χ1n) is 11.9. The van der Waals surface area contributed by atoms with Gasteiger partial charge in [-0.2, -0.15) is 0 Å². The maximum atomic E-state index is 12.9. The van der Waals surface area contributed by atoms with E-state index in [9.17, 15) is 9.59 Å². The monoisotopic (exact) mass is 479 g/mol. The number of rotatable bonds is 10. The van der Waals surface area contributed by atoms with Crippen molar-refractivity contribution in [2.75, 3.05) is 13.2 Å². The molecule has 0 aromatic heterocycles. The van der Waals surface area contributed by atoms with Gasteiger partial charge < -0.3 is 14.8 Å². The highest BCUT2D eigenvalue weighted by molar-refractivity contribution is 5.95. The molecular formula is C31H29NO4. The smallest absolute Gasteiger partial charge is 0.330 e. The molecule has 4 rings (SSSR count). The lowest BCUT2D eigenvalue weighted by atomic mass is 9.99. The molecule has 5 heteroatoms. The molecule has 0 fully saturated rings. The van der Waals surface area contributed by atoms with Crippen LogP contribution in [0.5, 0.6) is 5.75 Å². The van der Waals surface area contributed by atoms with Gasteiger partial charge in [0.1, 0.15) is 19.0 Å². The van der Waals surface area contributed by atoms with Crippen LogP contribution in [0.1, 0.15) is 40.0 Å². The predicted molar refractivity (Wildman–Crippen MR) is 142 cm³/mol. The van der Waals surface area contributed by atoms with Gasteiger partial charge in [-0.05, 0) is 65.1 Å². The van der Waals surface area contributed by atoms with E-state index in [1.807, 2.05) is 73.7 Å². The Bertz CT molecular complexity index is 1340. The number of nitrogens with one attached hydrogen (secondary N) is 1. The maximum absolute atomic E-state index is 12.9. The van der Waals surface area contributed by atoms with Gasteiger partial charge in [-0.3, -0.25) is 4.79 Å². The minimum atomic E-state index is -0.461. The van der Waals surface area contributed by atoms with E-state index >= 15 is 0 Å². The van der Waals surface area contributed by atoms with Crippen LogP contribution in [0.4, 0.5) is 0 Å². The van der Waals surface area contributed by atoms with Crippen LogP contribution in [0.3, 0.4) is 0 Å². The maximum Gasteiger partial charge on any atom is 0.330 e. The summed E-state index contributed by atoms with van der Waals surface area (Å²) >= 11 is 0. The number of amides is 1. The third kappa shape index (κ3) is 6.39. The van der Waals surface area contributed by atoms with Gasteiger partial charge in [0, 0.05) is 11.6 Å². The van der Waals surface area contributed by atoms with Gasteiger partial charge in [0.2, 0.25) is 0 Å². The molecular weight excluding hydrogens is 450 g/mol. The van der Waals surface area contributed by atoms with Crippen molar-refractivity contribution in [1.29, 1.82) is 0 Å². The molecule has 0 aliphatic heterocycles. The molecule has 0 aliphatic carbocycles. The summed E-state index contributed by atoms with van der Waals surface area (Å²) in [5, 5.41) is 5.44. The Morgan fingerprint density at radius 2 is 1.53 bits per heavy atom. The van der Waals surface area contributed by atoms with Crippen LogP contribution in [-0.4, -0.2) is 25.1 Å². The molecule has 36 heavy (non-hydrogen) atoms. The summed E-state index contributed by atoms with van der Waals surface area (Å²) in [5.74, 6) is 0.153. The molecule has 0 saturated heterocycles. The molecule has 1 N–H and O–H groups in total. The van der Waals surface area contributed by atoms with Crippen molar-refractivity contribution in [2.24, 2.45) is 0 Å². The molecule has 1 atom stereocenters. The first-order chi connectivity index (χ1) is 17.5. The average molecular weight is 480 g/mol. The second-order valence-electron chi connectivity index (χ2n) is 8.50. The second-order valence-corrected chi connectivity index (χ2v) is 8.50. The Morgan fingerprint density at radius 3 is 2.25 bits per heavy atom. The van der Waals surface area contributed by atoms with Crippen molar-refractivity contribution in [3.8, 4) is 5.75 Å². The summed E-state index contributed by atoms with van der Waals surface area (Å²) in [5.41, 5.74) is 3.97. The van der Waals surface area contributed by atoms with Crippen molar-refractivity contribution < 1.29 is 19.1 Å². The average Bonchev–Trinajstić information content (AvgIpc) is 2.91. The number of hydrogen-bond acceptors (Lipinski definition) is 4. The zero-order valence-electron chi connectivity index (χ0n) is 20.3. The molecule has 5 nitrogen and oxygen atoms in total. The normalized spacial score (nSPS) is 11.5. The van der Waals surface area contributed by atoms with Gasteiger partial charge in [0.15, 0.2) is 0 Å². The highest BCUT2D eigenvalue weighted by Crippen LogP contribution is 2.24. The molecule has 0 saturated carbocycles. The van der Waals surface area contributed by atoms with E-state index in [-0.39, 0.29) is 25.2 Å². The van der Waals surface area contributed by atoms with E-state index in [1.54, 1.807) is 0 Å². The Labute approximate surface area is 211 Å². The summed E-state index contributed by atoms with van der Waals surface area (Å²) in [6.45, 7) is 5.81. The largest absolute Gasteiger partial charge is 0.490 e. The molecule has 0 radical (unpaired) electrons. The quantitative estimate of drug-likeness (QED) is 0.171. The molecule has 4 aromatic carbocycles. The van der Waals surface area contributed by atoms with Gasteiger partial charge in [-0.1, -0.05) is 73.3 Å². The second kappa shape index (κ2) is 11.8. The number of ether oxygens (including phenoxy) is 2. The van der Waals surface area contributed by atoms with Gasteiger partial charge >= 0.3 is 5.97 Å². The van der Waals surface area contributed by atoms with E-state index in [0.717, 1.165) is 40.0 Å². The van der Waals surface area contributed by atoms with Crippen molar-refractivity contribution in [3.63, 3.8) is 0 Å². The van der Waals surface area contributed by atoms with E-state index < -0.39 is 5.97 Å². The van der Waals surface area contributed by atoms with Crippen molar-refractivity contribution in [1.82, 2.24) is 5.32 Å². The lowest BCUT2D eigenvalue weighted by Crippen LogP contribution is -2.26. The third-order valence-electron chi connectivity index (χ3n) is 5.95. The number of esters is 1. The summed E-state index contributed by atoms with van der Waals surface area (Å²) in [6.07, 6.45) is 1.87. The number of hydrogen-bond donors (Lipinski definition) is 1. The van der Waals surface area contributed by atoms with Gasteiger partial charge in [0.25, 0.3) is 5.91 Å². The molecule has 0 spiro atoms. The lowest BCUT2D eigenvalue weighted by Gasteiger charge is -2.17. The summed E-state index contributed by atoms with van der Waals surface area (Å²) < 4.78 is 10.5. The molecule has 0 aliphatic rings. The van der Waals surface area contributed by atoms with Gasteiger partial charge in [0.05, 0.1) is 6.04 Å². The Morgan fingerprint density at radius 1 is 0.861 bits per heavy atom. The highest BCUT2D eigenvalue weighted by atomic mass is 16.6. The zero-order chi connectivity index (χ0) is 25.3. The fourth-order valence-corrected chi connectivity index (χ4v) is 4.06. The lowest BCUT2D eigenvalue weighted by molar-refractivity contribution is -0.138. The van der Waals surface area contributed by atoms with Gasteiger partial charge in [-0.15, -0.1) is 0 Å². The van der Waals surface area contributed by atoms with Crippen LogP contribution in [0.15, 0.2) is 104 Å². The first-order valence-corrected chi connectivity index (χ1v) is 11.9. The van der Waals surface area contributed by atoms with Crippen LogP contribution in [0.25, 0.3) is 10.8 Å². The van der Waals surface area contributed by atoms with Crippen LogP contribution in [-0.2, 0) is 16.0 Å². The fraction of sp³-hybridized carbons (Fsp3) is 0.161. The highest BCUT2D eigenvalue weighted by Gasteiger charge is 2.13. The predicted octanol–water partition coefficient (Wildman–Crippen LogP) is 6.03. The number of benzene rings is 4. The number of carbonyl (C=O) groups excluding carboxylic acids is 2. The van der Waals surface area contributed by atoms with Crippen LogP contribution >= 0.6 is 0 Å². The molecule has 1 amide bonds. The summed E-state index contributed by atoms with van der Waals surface area (Å²) in [4.78, 5) is 23.9. The van der Waals surface area contributed by atoms with Crippen molar-refractivity contribution in [3.05, 3.63) is 126 Å². The topological polar surface area (TPSA) is 64.6 Å². The van der Waals surface area contributed by atoms with Crippen LogP contribution in [0, 0.1) is 0 Å². The Hall–Kier alpha value is -4.38. The van der Waals surface area contributed by atoms with Crippen LogP contribution < -0.4 is 10.1 Å². The molecule has 1 unspecified atom stereocenters. The van der Waals surface area contributed by atoms with Crippen LogP contribution in [0.2, 0.25) is 0 Å². The van der Waals surface area contributed by atoms with E-state index in [2.05, 4.69) is 36.2 Å². The molecule has 4 aromatic rings. The summed E-state index contributed by atoms with van der Waals surface area (Å²) in [6, 6.07) is 29.7. The van der Waals surface area contributed by atoms with E-state index in [4.69, 9.17) is 9.47 Å². The molecule has 0 heterocycles. The minimum absolute atomic E-state index is 0.0951.